The molecule has 5 heteroatoms. The minimum Gasteiger partial charge on any atom is -0.312 e. The Morgan fingerprint density at radius 1 is 1.23 bits per heavy atom. The van der Waals surface area contributed by atoms with Gasteiger partial charge in [0.15, 0.2) is 0 Å². The monoisotopic (exact) mass is 326 g/mol. The van der Waals surface area contributed by atoms with Crippen molar-refractivity contribution in [2.24, 2.45) is 5.92 Å². The highest BCUT2D eigenvalue weighted by Gasteiger charge is 2.37. The number of benzene rings is 1. The maximum atomic E-state index is 13.2. The molecule has 1 aliphatic rings. The van der Waals surface area contributed by atoms with E-state index in [2.05, 4.69) is 31.7 Å². The molecule has 0 spiro atoms. The van der Waals surface area contributed by atoms with E-state index in [0.717, 1.165) is 29.0 Å². The Morgan fingerprint density at radius 2 is 1.82 bits per heavy atom. The van der Waals surface area contributed by atoms with Gasteiger partial charge in [-0.15, -0.1) is 0 Å². The van der Waals surface area contributed by atoms with Gasteiger partial charge in [-0.25, -0.2) is 18.8 Å². The minimum atomic E-state index is -1.01. The van der Waals surface area contributed by atoms with Crippen LogP contribution in [0.1, 0.15) is 19.4 Å². The lowest BCUT2D eigenvalue weighted by Gasteiger charge is -2.24. The molecule has 2 rings (SSSR count). The molecule has 1 aromatic carbocycles. The largest absolute Gasteiger partial charge is 0.312 e. The van der Waals surface area contributed by atoms with E-state index in [4.69, 9.17) is 5.41 Å². The third kappa shape index (κ3) is 3.76. The summed E-state index contributed by atoms with van der Waals surface area (Å²) in [6, 6.07) is 3.59. The van der Waals surface area contributed by atoms with Crippen molar-refractivity contribution in [3.63, 3.8) is 0 Å². The molecule has 1 atom stereocenters. The van der Waals surface area contributed by atoms with E-state index in [1.807, 2.05) is 0 Å². The number of rotatable bonds is 4. The van der Waals surface area contributed by atoms with Crippen molar-refractivity contribution >= 4 is 15.1 Å². The third-order valence-electron chi connectivity index (χ3n) is 4.00. The first-order chi connectivity index (χ1) is 10.2. The Kier molecular flexibility index (Phi) is 5.07. The Hall–Kier alpha value is -1.20. The molecule has 1 fully saturated rings. The van der Waals surface area contributed by atoms with Gasteiger partial charge in [0.25, 0.3) is 0 Å². The van der Waals surface area contributed by atoms with Crippen molar-refractivity contribution in [3.8, 4) is 0 Å². The number of hydrogen-bond acceptors (Lipinski definition) is 2. The van der Waals surface area contributed by atoms with Crippen molar-refractivity contribution in [2.45, 2.75) is 20.4 Å². The van der Waals surface area contributed by atoms with Gasteiger partial charge in [0.1, 0.15) is 11.6 Å². The van der Waals surface area contributed by atoms with Gasteiger partial charge in [0.2, 0.25) is 0 Å². The fraction of sp³-hybridized carbons (Fsp3) is 0.471. The maximum absolute atomic E-state index is 13.2. The van der Waals surface area contributed by atoms with Crippen molar-refractivity contribution in [1.29, 1.82) is 5.41 Å². The zero-order valence-electron chi connectivity index (χ0n) is 13.6. The van der Waals surface area contributed by atoms with Gasteiger partial charge in [-0.05, 0) is 55.4 Å². The molecule has 0 radical (unpaired) electrons. The van der Waals surface area contributed by atoms with Crippen LogP contribution in [0.5, 0.6) is 0 Å². The van der Waals surface area contributed by atoms with Crippen LogP contribution in [-0.4, -0.2) is 29.9 Å². The molecule has 2 N–H and O–H groups in total. The number of nitrogens with one attached hydrogen (secondary N) is 2. The molecular formula is C17H24F2N2S. The molecule has 122 valence electrons. The van der Waals surface area contributed by atoms with Gasteiger partial charge in [-0.3, -0.25) is 5.41 Å². The third-order valence-corrected chi connectivity index (χ3v) is 6.56. The van der Waals surface area contributed by atoms with Gasteiger partial charge in [-0.1, -0.05) is 5.57 Å². The summed E-state index contributed by atoms with van der Waals surface area (Å²) in [5.41, 5.74) is 2.97. The van der Waals surface area contributed by atoms with E-state index in [9.17, 15) is 8.78 Å². The van der Waals surface area contributed by atoms with Crippen LogP contribution < -0.4 is 5.32 Å². The van der Waals surface area contributed by atoms with Crippen LogP contribution in [0.2, 0.25) is 0 Å². The normalized spacial score (nSPS) is 22.0. The Labute approximate surface area is 132 Å². The second-order valence-corrected chi connectivity index (χ2v) is 10.4. The molecule has 0 aliphatic carbocycles. The topological polar surface area (TPSA) is 35.9 Å². The molecule has 2 nitrogen and oxygen atoms in total. The predicted octanol–water partition coefficient (Wildman–Crippen LogP) is 4.06. The highest BCUT2D eigenvalue weighted by atomic mass is 32.3. The zero-order chi connectivity index (χ0) is 16.5. The predicted molar refractivity (Wildman–Crippen MR) is 92.0 cm³/mol. The van der Waals surface area contributed by atoms with E-state index in [-0.39, 0.29) is 0 Å². The summed E-state index contributed by atoms with van der Waals surface area (Å²) < 4.78 is 26.4. The molecule has 22 heavy (non-hydrogen) atoms. The Morgan fingerprint density at radius 3 is 2.36 bits per heavy atom. The lowest BCUT2D eigenvalue weighted by molar-refractivity contribution is 0.564. The quantitative estimate of drug-likeness (QED) is 0.860. The van der Waals surface area contributed by atoms with Gasteiger partial charge in [-0.2, -0.15) is 0 Å². The second kappa shape index (κ2) is 6.50. The molecule has 1 unspecified atom stereocenters. The summed E-state index contributed by atoms with van der Waals surface area (Å²) >= 11 is 0. The van der Waals surface area contributed by atoms with Crippen LogP contribution in [0.4, 0.5) is 8.78 Å². The number of allylic oxidation sites excluding steroid dienone is 1. The van der Waals surface area contributed by atoms with Crippen molar-refractivity contribution in [1.82, 2.24) is 5.32 Å². The Bertz CT molecular complexity index is 599. The summed E-state index contributed by atoms with van der Waals surface area (Å²) in [6.07, 6.45) is 4.36. The molecule has 1 aromatic rings. The molecule has 0 amide bonds. The lowest BCUT2D eigenvalue weighted by atomic mass is 9.98. The van der Waals surface area contributed by atoms with Crippen molar-refractivity contribution in [2.75, 3.05) is 24.8 Å². The van der Waals surface area contributed by atoms with E-state index in [0.29, 0.717) is 18.0 Å². The van der Waals surface area contributed by atoms with Crippen LogP contribution >= 0.6 is 10.0 Å². The van der Waals surface area contributed by atoms with E-state index in [1.54, 1.807) is 0 Å². The van der Waals surface area contributed by atoms with Crippen LogP contribution in [0.15, 0.2) is 29.3 Å². The van der Waals surface area contributed by atoms with E-state index >= 15 is 0 Å². The molecular weight excluding hydrogens is 302 g/mol. The van der Waals surface area contributed by atoms with Crippen molar-refractivity contribution < 1.29 is 8.78 Å². The van der Waals surface area contributed by atoms with E-state index < -0.39 is 21.7 Å². The first-order valence-electron chi connectivity index (χ1n) is 7.34. The number of halogens is 2. The molecule has 0 saturated carbocycles. The highest BCUT2D eigenvalue weighted by Crippen LogP contribution is 2.54. The average Bonchev–Trinajstić information content (AvgIpc) is 2.58. The molecule has 0 aromatic heterocycles. The van der Waals surface area contributed by atoms with Crippen LogP contribution in [0.3, 0.4) is 0 Å². The summed E-state index contributed by atoms with van der Waals surface area (Å²) in [5.74, 6) is 0.238. The second-order valence-electron chi connectivity index (χ2n) is 6.55. The molecule has 1 saturated heterocycles. The van der Waals surface area contributed by atoms with Crippen LogP contribution in [0.25, 0.3) is 0 Å². The fourth-order valence-corrected chi connectivity index (χ4v) is 5.48. The van der Waals surface area contributed by atoms with E-state index in [1.165, 1.54) is 17.7 Å². The standard InChI is InChI=1S/C17H24F2N2S/c1-11(2)16-13(10-22(3,4)17(16)20)9-21-8-12-5-14(18)7-15(19)6-12/h5-7,13,20-21H,8-10H2,1-4H3. The smallest absolute Gasteiger partial charge is 0.126 e. The summed E-state index contributed by atoms with van der Waals surface area (Å²) in [4.78, 5) is 0. The Balaban J connectivity index is 2.02. The number of hydrogen-bond donors (Lipinski definition) is 2. The van der Waals surface area contributed by atoms with Gasteiger partial charge >= 0.3 is 0 Å². The SMILES string of the molecule is CC(C)=C1C(=N)S(C)(C)CC1CNCc1cc(F)cc(F)c1. The lowest BCUT2D eigenvalue weighted by Crippen LogP contribution is -2.24. The van der Waals surface area contributed by atoms with Crippen LogP contribution in [-0.2, 0) is 6.54 Å². The maximum Gasteiger partial charge on any atom is 0.126 e. The average molecular weight is 326 g/mol. The van der Waals surface area contributed by atoms with Gasteiger partial charge in [0.05, 0.1) is 5.04 Å². The van der Waals surface area contributed by atoms with Crippen LogP contribution in [0, 0.1) is 23.0 Å². The van der Waals surface area contributed by atoms with Crippen molar-refractivity contribution in [3.05, 3.63) is 46.5 Å². The summed E-state index contributed by atoms with van der Waals surface area (Å²) in [5, 5.41) is 12.5. The first kappa shape index (κ1) is 17.2. The molecule has 1 heterocycles. The fourth-order valence-electron chi connectivity index (χ4n) is 3.05. The van der Waals surface area contributed by atoms with Gasteiger partial charge < -0.3 is 5.32 Å². The van der Waals surface area contributed by atoms with Gasteiger partial charge in [0, 0.05) is 25.1 Å². The molecule has 0 bridgehead atoms. The minimum absolute atomic E-state index is 0.320. The molecule has 1 aliphatic heterocycles. The zero-order valence-corrected chi connectivity index (χ0v) is 14.4. The highest BCUT2D eigenvalue weighted by molar-refractivity contribution is 8.45. The summed E-state index contributed by atoms with van der Waals surface area (Å²) in [6.45, 7) is 5.28. The first-order valence-corrected chi connectivity index (χ1v) is 9.95. The summed E-state index contributed by atoms with van der Waals surface area (Å²) in [7, 11) is -1.01.